The maximum Gasteiger partial charge on any atom is 0.228 e. The molecule has 0 fully saturated rings. The van der Waals surface area contributed by atoms with Gasteiger partial charge in [0.25, 0.3) is 0 Å². The van der Waals surface area contributed by atoms with Gasteiger partial charge in [0.15, 0.2) is 12.0 Å². The minimum Gasteiger partial charge on any atom is -0.443 e. The van der Waals surface area contributed by atoms with Gasteiger partial charge in [0.05, 0.1) is 6.42 Å². The Morgan fingerprint density at radius 1 is 1.25 bits per heavy atom. The standard InChI is InChI=1S/C15H11ClN2O2/c16-12-4-2-1-3-10(12)7-15(19)18-11-5-6-14-13(8-11)17-9-20-14/h1-6,8-9H,7H2,(H,18,19). The smallest absolute Gasteiger partial charge is 0.228 e. The zero-order chi connectivity index (χ0) is 13.9. The number of halogens is 1. The Morgan fingerprint density at radius 3 is 2.95 bits per heavy atom. The third kappa shape index (κ3) is 2.65. The number of carbonyl (C=O) groups is 1. The minimum atomic E-state index is -0.124. The molecule has 100 valence electrons. The molecule has 0 aliphatic heterocycles. The van der Waals surface area contributed by atoms with Gasteiger partial charge in [-0.15, -0.1) is 0 Å². The molecule has 4 nitrogen and oxygen atoms in total. The van der Waals surface area contributed by atoms with E-state index in [9.17, 15) is 4.79 Å². The van der Waals surface area contributed by atoms with Crippen molar-refractivity contribution in [1.29, 1.82) is 0 Å². The highest BCUT2D eigenvalue weighted by atomic mass is 35.5. The molecule has 0 saturated carbocycles. The maximum absolute atomic E-state index is 12.0. The van der Waals surface area contributed by atoms with E-state index in [1.807, 2.05) is 18.2 Å². The number of carbonyl (C=O) groups excluding carboxylic acids is 1. The van der Waals surface area contributed by atoms with Crippen molar-refractivity contribution in [1.82, 2.24) is 4.98 Å². The van der Waals surface area contributed by atoms with E-state index < -0.39 is 0 Å². The van der Waals surface area contributed by atoms with Gasteiger partial charge < -0.3 is 9.73 Å². The van der Waals surface area contributed by atoms with E-state index in [1.165, 1.54) is 6.39 Å². The predicted molar refractivity (Wildman–Crippen MR) is 77.8 cm³/mol. The second-order valence-electron chi connectivity index (χ2n) is 4.35. The van der Waals surface area contributed by atoms with Crippen molar-refractivity contribution >= 4 is 34.3 Å². The molecule has 0 saturated heterocycles. The fourth-order valence-corrected chi connectivity index (χ4v) is 2.16. The van der Waals surface area contributed by atoms with Gasteiger partial charge in [0.1, 0.15) is 5.52 Å². The molecule has 0 aliphatic rings. The number of fused-ring (bicyclic) bond motifs is 1. The van der Waals surface area contributed by atoms with Crippen LogP contribution >= 0.6 is 11.6 Å². The van der Waals surface area contributed by atoms with Crippen molar-refractivity contribution in [2.45, 2.75) is 6.42 Å². The summed E-state index contributed by atoms with van der Waals surface area (Å²) in [6.07, 6.45) is 1.61. The van der Waals surface area contributed by atoms with Gasteiger partial charge in [-0.25, -0.2) is 4.98 Å². The van der Waals surface area contributed by atoms with Gasteiger partial charge in [0, 0.05) is 10.7 Å². The second-order valence-corrected chi connectivity index (χ2v) is 4.76. The molecule has 1 heterocycles. The van der Waals surface area contributed by atoms with E-state index in [4.69, 9.17) is 16.0 Å². The molecular weight excluding hydrogens is 276 g/mol. The van der Waals surface area contributed by atoms with Gasteiger partial charge in [-0.2, -0.15) is 0 Å². The Balaban J connectivity index is 1.74. The monoisotopic (exact) mass is 286 g/mol. The van der Waals surface area contributed by atoms with Crippen molar-refractivity contribution in [3.8, 4) is 0 Å². The maximum atomic E-state index is 12.0. The first kappa shape index (κ1) is 12.7. The Bertz CT molecular complexity index is 767. The summed E-state index contributed by atoms with van der Waals surface area (Å²) in [5, 5.41) is 3.41. The number of amides is 1. The van der Waals surface area contributed by atoms with E-state index in [0.29, 0.717) is 21.8 Å². The van der Waals surface area contributed by atoms with E-state index in [2.05, 4.69) is 10.3 Å². The summed E-state index contributed by atoms with van der Waals surface area (Å²) < 4.78 is 5.15. The highest BCUT2D eigenvalue weighted by Crippen LogP contribution is 2.19. The number of aromatic nitrogens is 1. The number of nitrogens with zero attached hydrogens (tertiary/aromatic N) is 1. The normalized spacial score (nSPS) is 10.7. The van der Waals surface area contributed by atoms with Gasteiger partial charge in [-0.05, 0) is 29.8 Å². The summed E-state index contributed by atoms with van der Waals surface area (Å²) in [6.45, 7) is 0. The zero-order valence-electron chi connectivity index (χ0n) is 10.5. The van der Waals surface area contributed by atoms with E-state index in [-0.39, 0.29) is 12.3 Å². The van der Waals surface area contributed by atoms with Gasteiger partial charge in [0.2, 0.25) is 5.91 Å². The summed E-state index contributed by atoms with van der Waals surface area (Å²) >= 11 is 6.03. The largest absolute Gasteiger partial charge is 0.443 e. The zero-order valence-corrected chi connectivity index (χ0v) is 11.2. The molecule has 3 aromatic rings. The predicted octanol–water partition coefficient (Wildman–Crippen LogP) is 3.66. The number of hydrogen-bond donors (Lipinski definition) is 1. The first-order valence-corrected chi connectivity index (χ1v) is 6.47. The molecule has 5 heteroatoms. The fourth-order valence-electron chi connectivity index (χ4n) is 1.96. The van der Waals surface area contributed by atoms with Crippen LogP contribution in [-0.4, -0.2) is 10.9 Å². The number of oxazole rings is 1. The second kappa shape index (κ2) is 5.35. The number of anilines is 1. The van der Waals surface area contributed by atoms with Crippen LogP contribution < -0.4 is 5.32 Å². The lowest BCUT2D eigenvalue weighted by Gasteiger charge is -2.06. The van der Waals surface area contributed by atoms with Crippen LogP contribution in [0.3, 0.4) is 0 Å². The molecule has 0 radical (unpaired) electrons. The van der Waals surface area contributed by atoms with Crippen LogP contribution in [0, 0.1) is 0 Å². The Hall–Kier alpha value is -2.33. The van der Waals surface area contributed by atoms with Crippen molar-refractivity contribution in [3.63, 3.8) is 0 Å². The molecule has 20 heavy (non-hydrogen) atoms. The fraction of sp³-hybridized carbons (Fsp3) is 0.0667. The van der Waals surface area contributed by atoms with Crippen LogP contribution in [0.5, 0.6) is 0 Å². The van der Waals surface area contributed by atoms with Gasteiger partial charge in [-0.1, -0.05) is 29.8 Å². The highest BCUT2D eigenvalue weighted by Gasteiger charge is 2.08. The molecule has 1 amide bonds. The summed E-state index contributed by atoms with van der Waals surface area (Å²) in [5.74, 6) is -0.124. The van der Waals surface area contributed by atoms with Crippen LogP contribution in [0.2, 0.25) is 5.02 Å². The van der Waals surface area contributed by atoms with E-state index >= 15 is 0 Å². The first-order chi connectivity index (χ1) is 9.72. The summed E-state index contributed by atoms with van der Waals surface area (Å²) in [4.78, 5) is 16.0. The minimum absolute atomic E-state index is 0.124. The quantitative estimate of drug-likeness (QED) is 0.799. The number of nitrogens with one attached hydrogen (secondary N) is 1. The van der Waals surface area contributed by atoms with Crippen LogP contribution in [0.4, 0.5) is 5.69 Å². The van der Waals surface area contributed by atoms with Crippen LogP contribution in [0.1, 0.15) is 5.56 Å². The Labute approximate surface area is 120 Å². The van der Waals surface area contributed by atoms with Crippen molar-refractivity contribution in [2.24, 2.45) is 0 Å². The molecule has 3 rings (SSSR count). The van der Waals surface area contributed by atoms with E-state index in [0.717, 1.165) is 5.56 Å². The third-order valence-corrected chi connectivity index (χ3v) is 3.29. The highest BCUT2D eigenvalue weighted by molar-refractivity contribution is 6.31. The van der Waals surface area contributed by atoms with Gasteiger partial charge in [-0.3, -0.25) is 4.79 Å². The molecule has 1 N–H and O–H groups in total. The molecule has 0 spiro atoms. The lowest BCUT2D eigenvalue weighted by molar-refractivity contribution is -0.115. The summed E-state index contributed by atoms with van der Waals surface area (Å²) in [7, 11) is 0. The molecule has 0 aliphatic carbocycles. The van der Waals surface area contributed by atoms with Crippen molar-refractivity contribution in [3.05, 3.63) is 59.4 Å². The number of rotatable bonds is 3. The van der Waals surface area contributed by atoms with Crippen LogP contribution in [0.15, 0.2) is 53.3 Å². The van der Waals surface area contributed by atoms with Crippen molar-refractivity contribution in [2.75, 3.05) is 5.32 Å². The topological polar surface area (TPSA) is 55.1 Å². The molecule has 2 aromatic carbocycles. The van der Waals surface area contributed by atoms with E-state index in [1.54, 1.807) is 24.3 Å². The lowest BCUT2D eigenvalue weighted by atomic mass is 10.1. The summed E-state index contributed by atoms with van der Waals surface area (Å²) in [5.41, 5.74) is 2.88. The van der Waals surface area contributed by atoms with Crippen molar-refractivity contribution < 1.29 is 9.21 Å². The Kier molecular flexibility index (Phi) is 3.39. The average Bonchev–Trinajstić information content (AvgIpc) is 2.89. The molecule has 0 unspecified atom stereocenters. The summed E-state index contributed by atoms with van der Waals surface area (Å²) in [6, 6.07) is 12.6. The molecular formula is C15H11ClN2O2. The number of hydrogen-bond acceptors (Lipinski definition) is 3. The molecule has 0 bridgehead atoms. The lowest BCUT2D eigenvalue weighted by Crippen LogP contribution is -2.14. The SMILES string of the molecule is O=C(Cc1ccccc1Cl)Nc1ccc2ocnc2c1. The van der Waals surface area contributed by atoms with Crippen LogP contribution in [0.25, 0.3) is 11.1 Å². The van der Waals surface area contributed by atoms with Gasteiger partial charge >= 0.3 is 0 Å². The number of benzene rings is 2. The molecule has 0 atom stereocenters. The third-order valence-electron chi connectivity index (χ3n) is 2.92. The first-order valence-electron chi connectivity index (χ1n) is 6.09. The molecule has 1 aromatic heterocycles. The van der Waals surface area contributed by atoms with Crippen LogP contribution in [-0.2, 0) is 11.2 Å². The Morgan fingerprint density at radius 2 is 2.10 bits per heavy atom. The average molecular weight is 287 g/mol.